The number of rotatable bonds is 4. The van der Waals surface area contributed by atoms with Crippen LogP contribution < -0.4 is 4.90 Å². The van der Waals surface area contributed by atoms with Crippen LogP contribution in [-0.4, -0.2) is 40.4 Å². The molecule has 23 heavy (non-hydrogen) atoms. The lowest BCUT2D eigenvalue weighted by atomic mass is 10.0. The molecule has 1 aliphatic rings. The molecule has 0 saturated heterocycles. The van der Waals surface area contributed by atoms with Crippen molar-refractivity contribution in [3.63, 3.8) is 0 Å². The van der Waals surface area contributed by atoms with Gasteiger partial charge in [-0.1, -0.05) is 18.2 Å². The second kappa shape index (κ2) is 6.77. The van der Waals surface area contributed by atoms with Crippen LogP contribution in [0.4, 0.5) is 11.6 Å². The maximum Gasteiger partial charge on any atom is 0.256 e. The molecule has 0 spiro atoms. The van der Waals surface area contributed by atoms with E-state index in [2.05, 4.69) is 33.1 Å². The SMILES string of the molecule is CCN(CC)C(=O)c1cnc(N2CCCc3ccccc32)nc1. The van der Waals surface area contributed by atoms with Crippen molar-refractivity contribution in [2.45, 2.75) is 26.7 Å². The highest BCUT2D eigenvalue weighted by Crippen LogP contribution is 2.30. The summed E-state index contributed by atoms with van der Waals surface area (Å²) in [5.41, 5.74) is 3.04. The highest BCUT2D eigenvalue weighted by Gasteiger charge is 2.20. The van der Waals surface area contributed by atoms with Gasteiger partial charge in [0.25, 0.3) is 5.91 Å². The molecule has 3 rings (SSSR count). The van der Waals surface area contributed by atoms with Crippen molar-refractivity contribution >= 4 is 17.5 Å². The number of benzene rings is 1. The van der Waals surface area contributed by atoms with Gasteiger partial charge in [0.05, 0.1) is 5.56 Å². The van der Waals surface area contributed by atoms with E-state index < -0.39 is 0 Å². The van der Waals surface area contributed by atoms with E-state index in [1.807, 2.05) is 19.9 Å². The molecule has 0 unspecified atom stereocenters. The number of nitrogens with zero attached hydrogens (tertiary/aromatic N) is 4. The summed E-state index contributed by atoms with van der Waals surface area (Å²) in [6, 6.07) is 8.36. The lowest BCUT2D eigenvalue weighted by molar-refractivity contribution is 0.0772. The van der Waals surface area contributed by atoms with E-state index >= 15 is 0 Å². The molecule has 0 bridgehead atoms. The van der Waals surface area contributed by atoms with Gasteiger partial charge in [-0.2, -0.15) is 0 Å². The molecule has 2 heterocycles. The molecular formula is C18H22N4O. The molecule has 5 nitrogen and oxygen atoms in total. The van der Waals surface area contributed by atoms with E-state index in [1.54, 1.807) is 17.3 Å². The number of carbonyl (C=O) groups is 1. The minimum atomic E-state index is -0.0133. The lowest BCUT2D eigenvalue weighted by Gasteiger charge is -2.29. The van der Waals surface area contributed by atoms with Gasteiger partial charge in [-0.3, -0.25) is 4.79 Å². The second-order valence-corrected chi connectivity index (χ2v) is 5.63. The van der Waals surface area contributed by atoms with Crippen LogP contribution >= 0.6 is 0 Å². The van der Waals surface area contributed by atoms with Crippen LogP contribution in [0.2, 0.25) is 0 Å². The van der Waals surface area contributed by atoms with Crippen LogP contribution in [0.15, 0.2) is 36.7 Å². The Bertz CT molecular complexity index is 680. The maximum absolute atomic E-state index is 12.3. The average Bonchev–Trinajstić information content (AvgIpc) is 2.62. The fraction of sp³-hybridized carbons (Fsp3) is 0.389. The third-order valence-electron chi connectivity index (χ3n) is 4.29. The van der Waals surface area contributed by atoms with Crippen LogP contribution in [0.1, 0.15) is 36.2 Å². The molecule has 0 radical (unpaired) electrons. The summed E-state index contributed by atoms with van der Waals surface area (Å²) in [5, 5.41) is 0. The van der Waals surface area contributed by atoms with Crippen LogP contribution in [0.5, 0.6) is 0 Å². The first-order chi connectivity index (χ1) is 11.2. The first kappa shape index (κ1) is 15.5. The van der Waals surface area contributed by atoms with Crippen LogP contribution in [0.25, 0.3) is 0 Å². The second-order valence-electron chi connectivity index (χ2n) is 5.63. The highest BCUT2D eigenvalue weighted by molar-refractivity contribution is 5.93. The van der Waals surface area contributed by atoms with E-state index in [1.165, 1.54) is 11.3 Å². The van der Waals surface area contributed by atoms with Gasteiger partial charge in [0, 0.05) is 37.7 Å². The lowest BCUT2D eigenvalue weighted by Crippen LogP contribution is -2.31. The van der Waals surface area contributed by atoms with Crippen LogP contribution in [0, 0.1) is 0 Å². The van der Waals surface area contributed by atoms with Crippen molar-refractivity contribution in [3.05, 3.63) is 47.8 Å². The van der Waals surface area contributed by atoms with E-state index in [0.29, 0.717) is 24.6 Å². The van der Waals surface area contributed by atoms with Crippen molar-refractivity contribution in [1.29, 1.82) is 0 Å². The number of anilines is 2. The Morgan fingerprint density at radius 2 is 1.87 bits per heavy atom. The molecule has 2 aromatic rings. The molecule has 1 aliphatic heterocycles. The van der Waals surface area contributed by atoms with Crippen LogP contribution in [-0.2, 0) is 6.42 Å². The molecule has 1 amide bonds. The van der Waals surface area contributed by atoms with Gasteiger partial charge in [0.1, 0.15) is 0 Å². The number of para-hydroxylation sites is 1. The summed E-state index contributed by atoms with van der Waals surface area (Å²) in [5.74, 6) is 0.647. The van der Waals surface area contributed by atoms with E-state index in [9.17, 15) is 4.79 Å². The number of fused-ring (bicyclic) bond motifs is 1. The van der Waals surface area contributed by atoms with Gasteiger partial charge in [-0.25, -0.2) is 9.97 Å². The Labute approximate surface area is 137 Å². The summed E-state index contributed by atoms with van der Waals surface area (Å²) >= 11 is 0. The molecule has 0 aliphatic carbocycles. The van der Waals surface area contributed by atoms with Gasteiger partial charge in [-0.15, -0.1) is 0 Å². The summed E-state index contributed by atoms with van der Waals surface area (Å²) < 4.78 is 0. The number of amides is 1. The van der Waals surface area contributed by atoms with Gasteiger partial charge < -0.3 is 9.80 Å². The largest absolute Gasteiger partial charge is 0.339 e. The fourth-order valence-electron chi connectivity index (χ4n) is 3.01. The minimum absolute atomic E-state index is 0.0133. The fourth-order valence-corrected chi connectivity index (χ4v) is 3.01. The van der Waals surface area contributed by atoms with Gasteiger partial charge in [-0.05, 0) is 38.3 Å². The van der Waals surface area contributed by atoms with Crippen molar-refractivity contribution in [1.82, 2.24) is 14.9 Å². The first-order valence-electron chi connectivity index (χ1n) is 8.21. The van der Waals surface area contributed by atoms with Crippen LogP contribution in [0.3, 0.4) is 0 Å². The minimum Gasteiger partial charge on any atom is -0.339 e. The first-order valence-corrected chi connectivity index (χ1v) is 8.21. The molecule has 5 heteroatoms. The Morgan fingerprint density at radius 3 is 2.57 bits per heavy atom. The van der Waals surface area contributed by atoms with Crippen molar-refractivity contribution in [2.24, 2.45) is 0 Å². The maximum atomic E-state index is 12.3. The Kier molecular flexibility index (Phi) is 4.55. The highest BCUT2D eigenvalue weighted by atomic mass is 16.2. The average molecular weight is 310 g/mol. The molecule has 0 atom stereocenters. The smallest absolute Gasteiger partial charge is 0.256 e. The zero-order valence-corrected chi connectivity index (χ0v) is 13.7. The molecule has 1 aromatic carbocycles. The normalized spacial score (nSPS) is 13.6. The van der Waals surface area contributed by atoms with Gasteiger partial charge in [0.2, 0.25) is 5.95 Å². The summed E-state index contributed by atoms with van der Waals surface area (Å²) in [7, 11) is 0. The molecule has 0 N–H and O–H groups in total. The number of aromatic nitrogens is 2. The molecular weight excluding hydrogens is 288 g/mol. The standard InChI is InChI=1S/C18H22N4O/c1-3-21(4-2)17(23)15-12-19-18(20-13-15)22-11-7-9-14-8-5-6-10-16(14)22/h5-6,8,10,12-13H,3-4,7,9,11H2,1-2H3. The number of aryl methyl sites for hydroxylation is 1. The predicted molar refractivity (Wildman–Crippen MR) is 91.1 cm³/mol. The Morgan fingerprint density at radius 1 is 1.17 bits per heavy atom. The molecule has 0 saturated carbocycles. The van der Waals surface area contributed by atoms with Crippen molar-refractivity contribution < 1.29 is 4.79 Å². The van der Waals surface area contributed by atoms with Gasteiger partial charge >= 0.3 is 0 Å². The molecule has 1 aromatic heterocycles. The van der Waals surface area contributed by atoms with Crippen molar-refractivity contribution in [2.75, 3.05) is 24.5 Å². The zero-order valence-electron chi connectivity index (χ0n) is 13.7. The zero-order chi connectivity index (χ0) is 16.2. The van der Waals surface area contributed by atoms with E-state index in [0.717, 1.165) is 19.4 Å². The Balaban J connectivity index is 1.85. The predicted octanol–water partition coefficient (Wildman–Crippen LogP) is 3.04. The summed E-state index contributed by atoms with van der Waals surface area (Å²) in [6.07, 6.45) is 5.45. The summed E-state index contributed by atoms with van der Waals surface area (Å²) in [6.45, 7) is 6.23. The summed E-state index contributed by atoms with van der Waals surface area (Å²) in [4.78, 5) is 25.1. The number of hydrogen-bond donors (Lipinski definition) is 0. The van der Waals surface area contributed by atoms with E-state index in [4.69, 9.17) is 0 Å². The molecule has 120 valence electrons. The van der Waals surface area contributed by atoms with Gasteiger partial charge in [0.15, 0.2) is 0 Å². The number of carbonyl (C=O) groups excluding carboxylic acids is 1. The number of hydrogen-bond acceptors (Lipinski definition) is 4. The quantitative estimate of drug-likeness (QED) is 0.871. The van der Waals surface area contributed by atoms with Crippen molar-refractivity contribution in [3.8, 4) is 0 Å². The Hall–Kier alpha value is -2.43. The topological polar surface area (TPSA) is 49.3 Å². The third-order valence-corrected chi connectivity index (χ3v) is 4.29. The third kappa shape index (κ3) is 3.04. The van der Waals surface area contributed by atoms with E-state index in [-0.39, 0.29) is 5.91 Å². The monoisotopic (exact) mass is 310 g/mol. The molecule has 0 fully saturated rings.